The van der Waals surface area contributed by atoms with Gasteiger partial charge in [-0.15, -0.1) is 0 Å². The van der Waals surface area contributed by atoms with Gasteiger partial charge in [0.05, 0.1) is 18.7 Å². The van der Waals surface area contributed by atoms with Crippen molar-refractivity contribution in [2.24, 2.45) is 5.92 Å². The summed E-state index contributed by atoms with van der Waals surface area (Å²) < 4.78 is 11.0. The predicted molar refractivity (Wildman–Crippen MR) is 90.5 cm³/mol. The first-order valence-electron chi connectivity index (χ1n) is 7.43. The number of hydrogen-bond acceptors (Lipinski definition) is 3. The van der Waals surface area contributed by atoms with Crippen molar-refractivity contribution in [3.63, 3.8) is 0 Å². The number of rotatable bonds is 3. The van der Waals surface area contributed by atoms with E-state index in [2.05, 4.69) is 5.32 Å². The Balaban J connectivity index is 1.76. The summed E-state index contributed by atoms with van der Waals surface area (Å²) in [7, 11) is 1.59. The van der Waals surface area contributed by atoms with Gasteiger partial charge >= 0.3 is 0 Å². The maximum Gasteiger partial charge on any atom is 0.231 e. The summed E-state index contributed by atoms with van der Waals surface area (Å²) >= 11 is 6.02. The number of carbonyl (C=O) groups is 1. The van der Waals surface area contributed by atoms with Gasteiger partial charge in [0.15, 0.2) is 0 Å². The zero-order chi connectivity index (χ0) is 16.4. The first-order valence-corrected chi connectivity index (χ1v) is 7.81. The van der Waals surface area contributed by atoms with E-state index in [-0.39, 0.29) is 11.8 Å². The molecule has 1 aliphatic rings. The maximum atomic E-state index is 12.6. The minimum Gasteiger partial charge on any atom is -0.495 e. The van der Waals surface area contributed by atoms with Crippen LogP contribution in [0.25, 0.3) is 0 Å². The molecule has 5 heteroatoms. The molecule has 1 amide bonds. The Labute approximate surface area is 140 Å². The fourth-order valence-corrected chi connectivity index (χ4v) is 2.88. The summed E-state index contributed by atoms with van der Waals surface area (Å²) in [6.07, 6.45) is 0.607. The first kappa shape index (κ1) is 15.7. The fraction of sp³-hybridized carbons (Fsp3) is 0.278. The van der Waals surface area contributed by atoms with Gasteiger partial charge in [0.25, 0.3) is 0 Å². The van der Waals surface area contributed by atoms with Crippen molar-refractivity contribution in [1.29, 1.82) is 0 Å². The average molecular weight is 332 g/mol. The molecule has 120 valence electrons. The van der Waals surface area contributed by atoms with Gasteiger partial charge in [-0.3, -0.25) is 4.79 Å². The van der Waals surface area contributed by atoms with Crippen molar-refractivity contribution in [3.8, 4) is 11.5 Å². The Morgan fingerprint density at radius 3 is 2.91 bits per heavy atom. The molecule has 0 fully saturated rings. The number of amides is 1. The van der Waals surface area contributed by atoms with Crippen LogP contribution in [0.5, 0.6) is 11.5 Å². The highest BCUT2D eigenvalue weighted by Crippen LogP contribution is 2.31. The van der Waals surface area contributed by atoms with Gasteiger partial charge in [-0.2, -0.15) is 0 Å². The Bertz CT molecular complexity index is 745. The molecule has 0 unspecified atom stereocenters. The van der Waals surface area contributed by atoms with Crippen molar-refractivity contribution >= 4 is 23.2 Å². The summed E-state index contributed by atoms with van der Waals surface area (Å²) in [5.41, 5.74) is 2.69. The van der Waals surface area contributed by atoms with Crippen LogP contribution in [-0.2, 0) is 11.2 Å². The third-order valence-electron chi connectivity index (χ3n) is 3.91. The van der Waals surface area contributed by atoms with Crippen LogP contribution in [0, 0.1) is 12.8 Å². The van der Waals surface area contributed by atoms with E-state index in [9.17, 15) is 4.79 Å². The minimum absolute atomic E-state index is 0.0838. The molecule has 3 rings (SSSR count). The SMILES string of the molecule is COc1ccc(C)cc1NC(=O)[C@@H]1COc2ccc(Cl)cc2C1. The van der Waals surface area contributed by atoms with E-state index in [1.807, 2.05) is 37.3 Å². The van der Waals surface area contributed by atoms with Crippen molar-refractivity contribution in [2.45, 2.75) is 13.3 Å². The van der Waals surface area contributed by atoms with Crippen LogP contribution in [0.4, 0.5) is 5.69 Å². The second kappa shape index (κ2) is 6.50. The molecule has 1 atom stereocenters. The Morgan fingerprint density at radius 1 is 1.30 bits per heavy atom. The summed E-state index contributed by atoms with van der Waals surface area (Å²) in [6.45, 7) is 2.33. The number of methoxy groups -OCH3 is 1. The zero-order valence-corrected chi connectivity index (χ0v) is 13.8. The second-order valence-corrected chi connectivity index (χ2v) is 6.09. The van der Waals surface area contributed by atoms with E-state index in [0.29, 0.717) is 29.5 Å². The van der Waals surface area contributed by atoms with Crippen molar-refractivity contribution in [3.05, 3.63) is 52.5 Å². The Hall–Kier alpha value is -2.20. The number of ether oxygens (including phenoxy) is 2. The van der Waals surface area contributed by atoms with Gasteiger partial charge in [0, 0.05) is 5.02 Å². The van der Waals surface area contributed by atoms with E-state index in [1.165, 1.54) is 0 Å². The molecule has 1 N–H and O–H groups in total. The van der Waals surface area contributed by atoms with E-state index < -0.39 is 0 Å². The normalized spacial score (nSPS) is 16.2. The summed E-state index contributed by atoms with van der Waals surface area (Å²) in [5, 5.41) is 3.59. The zero-order valence-electron chi connectivity index (χ0n) is 13.1. The number of fused-ring (bicyclic) bond motifs is 1. The van der Waals surface area contributed by atoms with Gasteiger partial charge in [-0.1, -0.05) is 17.7 Å². The van der Waals surface area contributed by atoms with Crippen LogP contribution in [-0.4, -0.2) is 19.6 Å². The molecule has 0 bridgehead atoms. The molecule has 0 aliphatic carbocycles. The number of nitrogens with one attached hydrogen (secondary N) is 1. The van der Waals surface area contributed by atoms with Crippen LogP contribution < -0.4 is 14.8 Å². The van der Waals surface area contributed by atoms with Crippen LogP contribution >= 0.6 is 11.6 Å². The van der Waals surface area contributed by atoms with Crippen LogP contribution in [0.3, 0.4) is 0 Å². The molecule has 0 radical (unpaired) electrons. The standard InChI is InChI=1S/C18H18ClNO3/c1-11-3-5-17(22-2)15(7-11)20-18(21)13-8-12-9-14(19)4-6-16(12)23-10-13/h3-7,9,13H,8,10H2,1-2H3,(H,20,21)/t13-/m0/s1. The van der Waals surface area contributed by atoms with E-state index in [1.54, 1.807) is 13.2 Å². The highest BCUT2D eigenvalue weighted by atomic mass is 35.5. The lowest BCUT2D eigenvalue weighted by Gasteiger charge is -2.25. The largest absolute Gasteiger partial charge is 0.495 e. The number of halogens is 1. The third-order valence-corrected chi connectivity index (χ3v) is 4.15. The monoisotopic (exact) mass is 331 g/mol. The summed E-state index contributed by atoms with van der Waals surface area (Å²) in [6, 6.07) is 11.2. The third kappa shape index (κ3) is 3.42. The van der Waals surface area contributed by atoms with Gasteiger partial charge in [0.2, 0.25) is 5.91 Å². The lowest BCUT2D eigenvalue weighted by molar-refractivity contribution is -0.121. The van der Waals surface area contributed by atoms with E-state index >= 15 is 0 Å². The van der Waals surface area contributed by atoms with Gasteiger partial charge in [-0.05, 0) is 54.8 Å². The number of aryl methyl sites for hydroxylation is 1. The van der Waals surface area contributed by atoms with Crippen molar-refractivity contribution in [2.75, 3.05) is 19.0 Å². The molecular formula is C18H18ClNO3. The molecule has 1 aliphatic heterocycles. The van der Waals surface area contributed by atoms with Gasteiger partial charge in [0.1, 0.15) is 18.1 Å². The van der Waals surface area contributed by atoms with Crippen LogP contribution in [0.15, 0.2) is 36.4 Å². The van der Waals surface area contributed by atoms with E-state index in [4.69, 9.17) is 21.1 Å². The highest BCUT2D eigenvalue weighted by Gasteiger charge is 2.26. The molecule has 2 aromatic carbocycles. The molecule has 0 spiro atoms. The number of carbonyl (C=O) groups excluding carboxylic acids is 1. The summed E-state index contributed by atoms with van der Waals surface area (Å²) in [5.74, 6) is 1.10. The first-order chi connectivity index (χ1) is 11.1. The van der Waals surface area contributed by atoms with Gasteiger partial charge in [-0.25, -0.2) is 0 Å². The molecule has 4 nitrogen and oxygen atoms in total. The minimum atomic E-state index is -0.258. The van der Waals surface area contributed by atoms with Crippen molar-refractivity contribution < 1.29 is 14.3 Å². The van der Waals surface area contributed by atoms with Crippen LogP contribution in [0.2, 0.25) is 5.02 Å². The molecule has 0 aromatic heterocycles. The average Bonchev–Trinajstić information content (AvgIpc) is 2.54. The molecule has 0 saturated heterocycles. The predicted octanol–water partition coefficient (Wildman–Crippen LogP) is 3.85. The van der Waals surface area contributed by atoms with Crippen LogP contribution in [0.1, 0.15) is 11.1 Å². The van der Waals surface area contributed by atoms with Gasteiger partial charge < -0.3 is 14.8 Å². The number of hydrogen-bond donors (Lipinski definition) is 1. The molecule has 1 heterocycles. The summed E-state index contributed by atoms with van der Waals surface area (Å²) in [4.78, 5) is 12.6. The Morgan fingerprint density at radius 2 is 2.13 bits per heavy atom. The van der Waals surface area contributed by atoms with E-state index in [0.717, 1.165) is 16.9 Å². The lowest BCUT2D eigenvalue weighted by atomic mass is 9.96. The van der Waals surface area contributed by atoms with Crippen molar-refractivity contribution in [1.82, 2.24) is 0 Å². The Kier molecular flexibility index (Phi) is 4.44. The quantitative estimate of drug-likeness (QED) is 0.929. The molecular weight excluding hydrogens is 314 g/mol. The lowest BCUT2D eigenvalue weighted by Crippen LogP contribution is -2.32. The number of anilines is 1. The maximum absolute atomic E-state index is 12.6. The molecule has 0 saturated carbocycles. The highest BCUT2D eigenvalue weighted by molar-refractivity contribution is 6.30. The second-order valence-electron chi connectivity index (χ2n) is 5.66. The molecule has 23 heavy (non-hydrogen) atoms. The topological polar surface area (TPSA) is 47.6 Å². The molecule has 2 aromatic rings. The fourth-order valence-electron chi connectivity index (χ4n) is 2.69. The number of benzene rings is 2. The smallest absolute Gasteiger partial charge is 0.231 e.